The molecule has 0 atom stereocenters. The summed E-state index contributed by atoms with van der Waals surface area (Å²) in [6.45, 7) is 0. The fourth-order valence-electron chi connectivity index (χ4n) is 2.68. The predicted octanol–water partition coefficient (Wildman–Crippen LogP) is 3.42. The lowest BCUT2D eigenvalue weighted by Crippen LogP contribution is -2.16. The summed E-state index contributed by atoms with van der Waals surface area (Å²) in [5.41, 5.74) is 3.70. The van der Waals surface area contributed by atoms with Crippen LogP contribution in [0.25, 0.3) is 6.08 Å². The highest BCUT2D eigenvalue weighted by Crippen LogP contribution is 2.25. The van der Waals surface area contributed by atoms with Gasteiger partial charge in [0, 0.05) is 18.9 Å². The number of rotatable bonds is 4. The molecule has 2 aromatic carbocycles. The molecule has 0 radical (unpaired) electrons. The van der Waals surface area contributed by atoms with E-state index in [2.05, 4.69) is 29.0 Å². The minimum atomic E-state index is -0.357. The Morgan fingerprint density at radius 3 is 2.27 bits per heavy atom. The largest absolute Gasteiger partial charge is 0.490 e. The number of esters is 1. The lowest BCUT2D eigenvalue weighted by Gasteiger charge is -2.13. The minimum Gasteiger partial charge on any atom is -0.490 e. The van der Waals surface area contributed by atoms with E-state index in [1.807, 2.05) is 24.3 Å². The number of carbonyl (C=O) groups excluding carboxylic acids is 1. The summed E-state index contributed by atoms with van der Waals surface area (Å²) in [6, 6.07) is 16.2. The second-order valence-corrected chi connectivity index (χ2v) is 5.34. The van der Waals surface area contributed by atoms with Gasteiger partial charge in [-0.25, -0.2) is 4.79 Å². The van der Waals surface area contributed by atoms with Gasteiger partial charge >= 0.3 is 5.97 Å². The molecule has 0 unspecified atom stereocenters. The number of hydrogen-bond donors (Lipinski definition) is 0. The molecular weight excluding hydrogens is 276 g/mol. The van der Waals surface area contributed by atoms with E-state index in [1.165, 1.54) is 24.3 Å². The standard InChI is InChI=1S/C19H18O3/c1-21-19(20)11-8-14-6-9-17(10-7-14)22-18-12-15-4-2-3-5-16(15)13-18/h2-11,18H,12-13H2,1H3/b11-8+. The minimum absolute atomic E-state index is 0.203. The average molecular weight is 294 g/mol. The van der Waals surface area contributed by atoms with Gasteiger partial charge in [0.15, 0.2) is 0 Å². The van der Waals surface area contributed by atoms with E-state index in [0.717, 1.165) is 24.2 Å². The third-order valence-electron chi connectivity index (χ3n) is 3.81. The topological polar surface area (TPSA) is 35.5 Å². The van der Waals surface area contributed by atoms with Gasteiger partial charge in [0.05, 0.1) is 7.11 Å². The fraction of sp³-hybridized carbons (Fsp3) is 0.211. The van der Waals surface area contributed by atoms with Crippen molar-refractivity contribution in [2.75, 3.05) is 7.11 Å². The fourth-order valence-corrected chi connectivity index (χ4v) is 2.68. The smallest absolute Gasteiger partial charge is 0.330 e. The van der Waals surface area contributed by atoms with Crippen LogP contribution in [0.2, 0.25) is 0 Å². The van der Waals surface area contributed by atoms with Crippen LogP contribution in [0.1, 0.15) is 16.7 Å². The lowest BCUT2D eigenvalue weighted by molar-refractivity contribution is -0.134. The van der Waals surface area contributed by atoms with Crippen LogP contribution in [0.4, 0.5) is 0 Å². The average Bonchev–Trinajstić information content (AvgIpc) is 2.96. The molecule has 0 saturated carbocycles. The Bertz CT molecular complexity index is 661. The summed E-state index contributed by atoms with van der Waals surface area (Å²) in [6.07, 6.45) is 5.25. The summed E-state index contributed by atoms with van der Waals surface area (Å²) >= 11 is 0. The Labute approximate surface area is 130 Å². The summed E-state index contributed by atoms with van der Waals surface area (Å²) in [5.74, 6) is 0.497. The summed E-state index contributed by atoms with van der Waals surface area (Å²) in [4.78, 5) is 11.1. The van der Waals surface area contributed by atoms with Crippen molar-refractivity contribution in [3.05, 3.63) is 71.3 Å². The Kier molecular flexibility index (Phi) is 4.24. The second-order valence-electron chi connectivity index (χ2n) is 5.34. The van der Waals surface area contributed by atoms with Gasteiger partial charge in [0.2, 0.25) is 0 Å². The van der Waals surface area contributed by atoms with E-state index in [9.17, 15) is 4.79 Å². The van der Waals surface area contributed by atoms with Crippen LogP contribution in [0.15, 0.2) is 54.6 Å². The second kappa shape index (κ2) is 6.48. The maximum absolute atomic E-state index is 11.1. The highest BCUT2D eigenvalue weighted by molar-refractivity contribution is 5.86. The molecule has 0 aromatic heterocycles. The van der Waals surface area contributed by atoms with Crippen molar-refractivity contribution >= 4 is 12.0 Å². The zero-order valence-electron chi connectivity index (χ0n) is 12.5. The van der Waals surface area contributed by atoms with Crippen molar-refractivity contribution in [3.63, 3.8) is 0 Å². The molecule has 0 spiro atoms. The number of hydrogen-bond acceptors (Lipinski definition) is 3. The molecule has 0 amide bonds. The summed E-state index contributed by atoms with van der Waals surface area (Å²) < 4.78 is 10.6. The van der Waals surface area contributed by atoms with Crippen molar-refractivity contribution in [3.8, 4) is 5.75 Å². The van der Waals surface area contributed by atoms with Crippen LogP contribution in [-0.2, 0) is 22.4 Å². The Balaban J connectivity index is 1.61. The van der Waals surface area contributed by atoms with Gasteiger partial charge in [-0.05, 0) is 34.9 Å². The third-order valence-corrected chi connectivity index (χ3v) is 3.81. The van der Waals surface area contributed by atoms with Crippen LogP contribution in [0, 0.1) is 0 Å². The highest BCUT2D eigenvalue weighted by atomic mass is 16.5. The molecule has 0 saturated heterocycles. The molecule has 2 aromatic rings. The Morgan fingerprint density at radius 2 is 1.68 bits per heavy atom. The lowest BCUT2D eigenvalue weighted by atomic mass is 10.1. The first-order valence-electron chi connectivity index (χ1n) is 7.34. The van der Waals surface area contributed by atoms with E-state index < -0.39 is 0 Å². The molecule has 22 heavy (non-hydrogen) atoms. The van der Waals surface area contributed by atoms with E-state index in [4.69, 9.17) is 4.74 Å². The third kappa shape index (κ3) is 3.37. The number of fused-ring (bicyclic) bond motifs is 1. The van der Waals surface area contributed by atoms with Crippen LogP contribution >= 0.6 is 0 Å². The van der Waals surface area contributed by atoms with Gasteiger partial charge < -0.3 is 9.47 Å². The van der Waals surface area contributed by atoms with Gasteiger partial charge in [0.1, 0.15) is 11.9 Å². The molecule has 3 rings (SSSR count). The van der Waals surface area contributed by atoms with Gasteiger partial charge in [-0.1, -0.05) is 36.4 Å². The molecule has 0 heterocycles. The molecule has 1 aliphatic rings. The monoisotopic (exact) mass is 294 g/mol. The number of ether oxygens (including phenoxy) is 2. The van der Waals surface area contributed by atoms with Gasteiger partial charge in [0.25, 0.3) is 0 Å². The van der Waals surface area contributed by atoms with Gasteiger partial charge in [-0.3, -0.25) is 0 Å². The molecular formula is C19H18O3. The Morgan fingerprint density at radius 1 is 1.05 bits per heavy atom. The van der Waals surface area contributed by atoms with Crippen LogP contribution < -0.4 is 4.74 Å². The van der Waals surface area contributed by atoms with Crippen molar-refractivity contribution < 1.29 is 14.3 Å². The van der Waals surface area contributed by atoms with Crippen molar-refractivity contribution in [1.29, 1.82) is 0 Å². The van der Waals surface area contributed by atoms with Crippen molar-refractivity contribution in [1.82, 2.24) is 0 Å². The maximum atomic E-state index is 11.1. The molecule has 3 heteroatoms. The summed E-state index contributed by atoms with van der Waals surface area (Å²) in [5, 5.41) is 0. The first-order valence-corrected chi connectivity index (χ1v) is 7.34. The maximum Gasteiger partial charge on any atom is 0.330 e. The number of methoxy groups -OCH3 is 1. The number of carbonyl (C=O) groups is 1. The zero-order valence-corrected chi connectivity index (χ0v) is 12.5. The molecule has 0 N–H and O–H groups in total. The normalized spacial score (nSPS) is 14.0. The first-order chi connectivity index (χ1) is 10.7. The number of benzene rings is 2. The van der Waals surface area contributed by atoms with Crippen molar-refractivity contribution in [2.45, 2.75) is 18.9 Å². The van der Waals surface area contributed by atoms with Crippen LogP contribution in [-0.4, -0.2) is 19.2 Å². The van der Waals surface area contributed by atoms with E-state index >= 15 is 0 Å². The van der Waals surface area contributed by atoms with E-state index in [-0.39, 0.29) is 12.1 Å². The SMILES string of the molecule is COC(=O)/C=C/c1ccc(OC2Cc3ccccc3C2)cc1. The Hall–Kier alpha value is -2.55. The first kappa shape index (κ1) is 14.4. The predicted molar refractivity (Wildman–Crippen MR) is 85.8 cm³/mol. The van der Waals surface area contributed by atoms with E-state index in [0.29, 0.717) is 0 Å². The van der Waals surface area contributed by atoms with E-state index in [1.54, 1.807) is 6.08 Å². The van der Waals surface area contributed by atoms with Crippen LogP contribution in [0.5, 0.6) is 5.75 Å². The molecule has 0 bridgehead atoms. The molecule has 0 aliphatic heterocycles. The quantitative estimate of drug-likeness (QED) is 0.640. The van der Waals surface area contributed by atoms with Crippen LogP contribution in [0.3, 0.4) is 0 Å². The zero-order chi connectivity index (χ0) is 15.4. The molecule has 112 valence electrons. The molecule has 3 nitrogen and oxygen atoms in total. The summed E-state index contributed by atoms with van der Waals surface area (Å²) in [7, 11) is 1.36. The van der Waals surface area contributed by atoms with Gasteiger partial charge in [-0.2, -0.15) is 0 Å². The van der Waals surface area contributed by atoms with Gasteiger partial charge in [-0.15, -0.1) is 0 Å². The van der Waals surface area contributed by atoms with Crippen molar-refractivity contribution in [2.24, 2.45) is 0 Å². The molecule has 1 aliphatic carbocycles. The molecule has 0 fully saturated rings. The highest BCUT2D eigenvalue weighted by Gasteiger charge is 2.22.